The molecule has 3 N–H and O–H groups in total. The number of para-hydroxylation sites is 1. The number of nitrogens with zero attached hydrogens (tertiary/aromatic N) is 1. The Morgan fingerprint density at radius 1 is 1.07 bits per heavy atom. The maximum Gasteiger partial charge on any atom is 0.328 e. The van der Waals surface area contributed by atoms with Crippen molar-refractivity contribution in [3.05, 3.63) is 74.9 Å². The Morgan fingerprint density at radius 3 is 2.63 bits per heavy atom. The third-order valence-electron chi connectivity index (χ3n) is 4.10. The molecular weight excluding hydrogens is 348 g/mol. The van der Waals surface area contributed by atoms with Crippen LogP contribution >= 0.6 is 0 Å². The number of aromatic amines is 1. The van der Waals surface area contributed by atoms with Gasteiger partial charge < -0.3 is 10.6 Å². The lowest BCUT2D eigenvalue weighted by molar-refractivity contribution is -0.116. The molecule has 0 unspecified atom stereocenters. The number of anilines is 1. The van der Waals surface area contributed by atoms with Crippen LogP contribution in [0, 0.1) is 0 Å². The van der Waals surface area contributed by atoms with Gasteiger partial charge in [0.15, 0.2) is 0 Å². The summed E-state index contributed by atoms with van der Waals surface area (Å²) < 4.78 is 1.36. The molecule has 0 bridgehead atoms. The summed E-state index contributed by atoms with van der Waals surface area (Å²) in [5.41, 5.74) is 0.369. The number of benzene rings is 2. The van der Waals surface area contributed by atoms with Crippen LogP contribution in [0.2, 0.25) is 0 Å². The first-order valence-electron chi connectivity index (χ1n) is 8.33. The molecule has 8 nitrogen and oxygen atoms in total. The molecule has 3 aromatic rings. The quantitative estimate of drug-likeness (QED) is 0.627. The number of fused-ring (bicyclic) bond motifs is 1. The van der Waals surface area contributed by atoms with Gasteiger partial charge in [0.1, 0.15) is 0 Å². The van der Waals surface area contributed by atoms with Crippen molar-refractivity contribution in [3.8, 4) is 0 Å². The number of carbonyl (C=O) groups is 2. The van der Waals surface area contributed by atoms with Gasteiger partial charge in [-0.2, -0.15) is 0 Å². The summed E-state index contributed by atoms with van der Waals surface area (Å²) in [5, 5.41) is 5.61. The zero-order valence-electron chi connectivity index (χ0n) is 14.6. The van der Waals surface area contributed by atoms with Crippen LogP contribution in [0.25, 0.3) is 10.9 Å². The summed E-state index contributed by atoms with van der Waals surface area (Å²) >= 11 is 0. The minimum Gasteiger partial charge on any atom is -0.355 e. The van der Waals surface area contributed by atoms with Crippen molar-refractivity contribution >= 4 is 28.4 Å². The highest BCUT2D eigenvalue weighted by molar-refractivity contribution is 5.97. The predicted octanol–water partition coefficient (Wildman–Crippen LogP) is 1.08. The fourth-order valence-corrected chi connectivity index (χ4v) is 2.78. The van der Waals surface area contributed by atoms with Crippen molar-refractivity contribution in [2.24, 2.45) is 0 Å². The van der Waals surface area contributed by atoms with Gasteiger partial charge in [0.2, 0.25) is 5.91 Å². The van der Waals surface area contributed by atoms with Gasteiger partial charge in [-0.3, -0.25) is 23.9 Å². The second-order valence-electron chi connectivity index (χ2n) is 5.89. The lowest BCUT2D eigenvalue weighted by Crippen LogP contribution is -2.31. The second kappa shape index (κ2) is 7.69. The zero-order chi connectivity index (χ0) is 19.4. The molecule has 2 aromatic carbocycles. The first kappa shape index (κ1) is 18.1. The van der Waals surface area contributed by atoms with Gasteiger partial charge >= 0.3 is 5.69 Å². The highest BCUT2D eigenvalue weighted by Crippen LogP contribution is 2.12. The molecule has 1 aromatic heterocycles. The van der Waals surface area contributed by atoms with Crippen molar-refractivity contribution < 1.29 is 9.59 Å². The smallest absolute Gasteiger partial charge is 0.328 e. The summed E-state index contributed by atoms with van der Waals surface area (Å²) in [6.45, 7) is 0.108. The number of hydrogen-bond donors (Lipinski definition) is 3. The van der Waals surface area contributed by atoms with E-state index < -0.39 is 11.2 Å². The van der Waals surface area contributed by atoms with E-state index in [1.165, 1.54) is 11.6 Å². The van der Waals surface area contributed by atoms with Crippen LogP contribution in [-0.4, -0.2) is 28.4 Å². The van der Waals surface area contributed by atoms with Crippen LogP contribution in [0.3, 0.4) is 0 Å². The molecule has 0 radical (unpaired) electrons. The first-order valence-corrected chi connectivity index (χ1v) is 8.33. The molecule has 0 aliphatic heterocycles. The van der Waals surface area contributed by atoms with Gasteiger partial charge in [0, 0.05) is 31.3 Å². The number of carbonyl (C=O) groups excluding carboxylic acids is 2. The summed E-state index contributed by atoms with van der Waals surface area (Å²) in [5.74, 6) is -0.566. The number of H-pyrrole nitrogens is 1. The molecule has 0 atom stereocenters. The lowest BCUT2D eigenvalue weighted by atomic mass is 10.2. The number of aryl methyl sites for hydroxylation is 1. The zero-order valence-corrected chi connectivity index (χ0v) is 14.6. The highest BCUT2D eigenvalue weighted by atomic mass is 16.2. The predicted molar refractivity (Wildman–Crippen MR) is 102 cm³/mol. The summed E-state index contributed by atoms with van der Waals surface area (Å²) in [7, 11) is 1.53. The second-order valence-corrected chi connectivity index (χ2v) is 5.89. The number of rotatable bonds is 5. The molecule has 0 fully saturated rings. The number of aromatic nitrogens is 2. The summed E-state index contributed by atoms with van der Waals surface area (Å²) in [4.78, 5) is 50.1. The van der Waals surface area contributed by atoms with E-state index in [0.717, 1.165) is 0 Å². The summed E-state index contributed by atoms with van der Waals surface area (Å²) in [6.07, 6.45) is 0.0279. The number of hydrogen-bond acceptors (Lipinski definition) is 4. The van der Waals surface area contributed by atoms with Crippen LogP contribution < -0.4 is 21.9 Å². The van der Waals surface area contributed by atoms with Crippen molar-refractivity contribution in [1.82, 2.24) is 14.9 Å². The molecule has 8 heteroatoms. The SMILES string of the molecule is CNC(=O)c1cccc(NC(=O)CCn2c(=O)[nH]c(=O)c3ccccc32)c1. The standard InChI is InChI=1S/C19H18N4O4/c1-20-17(25)12-5-4-6-13(11-12)21-16(24)9-10-23-15-8-3-2-7-14(15)18(26)22-19(23)27/h2-8,11H,9-10H2,1H3,(H,20,25)(H,21,24)(H,22,26,27). The third-order valence-corrected chi connectivity index (χ3v) is 4.10. The largest absolute Gasteiger partial charge is 0.355 e. The van der Waals surface area contributed by atoms with Crippen molar-refractivity contribution in [3.63, 3.8) is 0 Å². The van der Waals surface area contributed by atoms with E-state index >= 15 is 0 Å². The van der Waals surface area contributed by atoms with E-state index in [-0.39, 0.29) is 24.8 Å². The van der Waals surface area contributed by atoms with Crippen LogP contribution in [0.4, 0.5) is 5.69 Å². The van der Waals surface area contributed by atoms with Crippen LogP contribution in [0.1, 0.15) is 16.8 Å². The molecule has 27 heavy (non-hydrogen) atoms. The molecule has 0 aliphatic carbocycles. The molecule has 138 valence electrons. The van der Waals surface area contributed by atoms with E-state index in [4.69, 9.17) is 0 Å². The topological polar surface area (TPSA) is 113 Å². The molecular formula is C19H18N4O4. The number of amides is 2. The lowest BCUT2D eigenvalue weighted by Gasteiger charge is -2.10. The van der Waals surface area contributed by atoms with E-state index in [1.54, 1.807) is 48.5 Å². The van der Waals surface area contributed by atoms with E-state index in [1.807, 2.05) is 0 Å². The first-order chi connectivity index (χ1) is 13.0. The van der Waals surface area contributed by atoms with Crippen LogP contribution in [0.5, 0.6) is 0 Å². The van der Waals surface area contributed by atoms with E-state index in [0.29, 0.717) is 22.2 Å². The average Bonchev–Trinajstić information content (AvgIpc) is 2.67. The maximum absolute atomic E-state index is 12.3. The Kier molecular flexibility index (Phi) is 5.16. The average molecular weight is 366 g/mol. The Hall–Kier alpha value is -3.68. The molecule has 0 saturated heterocycles. The Morgan fingerprint density at radius 2 is 1.85 bits per heavy atom. The van der Waals surface area contributed by atoms with Crippen LogP contribution in [0.15, 0.2) is 58.1 Å². The van der Waals surface area contributed by atoms with Crippen molar-refractivity contribution in [1.29, 1.82) is 0 Å². The van der Waals surface area contributed by atoms with Gasteiger partial charge in [-0.15, -0.1) is 0 Å². The third kappa shape index (κ3) is 3.95. The minimum absolute atomic E-state index is 0.0279. The molecule has 3 rings (SSSR count). The monoisotopic (exact) mass is 366 g/mol. The van der Waals surface area contributed by atoms with Crippen molar-refractivity contribution in [2.45, 2.75) is 13.0 Å². The molecule has 0 saturated carbocycles. The number of nitrogens with one attached hydrogen (secondary N) is 3. The van der Waals surface area contributed by atoms with E-state index in [9.17, 15) is 19.2 Å². The van der Waals surface area contributed by atoms with E-state index in [2.05, 4.69) is 15.6 Å². The Balaban J connectivity index is 1.76. The van der Waals surface area contributed by atoms with Crippen LogP contribution in [-0.2, 0) is 11.3 Å². The van der Waals surface area contributed by atoms with Gasteiger partial charge in [-0.25, -0.2) is 4.79 Å². The maximum atomic E-state index is 12.3. The normalized spacial score (nSPS) is 10.6. The Bertz CT molecular complexity index is 1130. The van der Waals surface area contributed by atoms with Crippen molar-refractivity contribution in [2.75, 3.05) is 12.4 Å². The summed E-state index contributed by atoms with van der Waals surface area (Å²) in [6, 6.07) is 13.3. The molecule has 0 aliphatic rings. The van der Waals surface area contributed by atoms with Gasteiger partial charge in [-0.05, 0) is 30.3 Å². The van der Waals surface area contributed by atoms with Gasteiger partial charge in [-0.1, -0.05) is 18.2 Å². The fourth-order valence-electron chi connectivity index (χ4n) is 2.78. The minimum atomic E-state index is -0.562. The Labute approximate surface area is 153 Å². The molecule has 0 spiro atoms. The fraction of sp³-hybridized carbons (Fsp3) is 0.158. The van der Waals surface area contributed by atoms with Gasteiger partial charge in [0.25, 0.3) is 11.5 Å². The molecule has 1 heterocycles. The van der Waals surface area contributed by atoms with Gasteiger partial charge in [0.05, 0.1) is 10.9 Å². The highest BCUT2D eigenvalue weighted by Gasteiger charge is 2.10. The molecule has 2 amide bonds.